The van der Waals surface area contributed by atoms with Gasteiger partial charge in [0.15, 0.2) is 0 Å². The van der Waals surface area contributed by atoms with Crippen LogP contribution in [0.5, 0.6) is 0 Å². The van der Waals surface area contributed by atoms with Gasteiger partial charge in [-0.15, -0.1) is 0 Å². The Morgan fingerprint density at radius 3 is 0.577 bits per heavy atom. The van der Waals surface area contributed by atoms with Crippen LogP contribution in [0.3, 0.4) is 0 Å². The lowest BCUT2D eigenvalue weighted by Gasteiger charge is -2.31. The molecule has 0 aliphatic carbocycles. The summed E-state index contributed by atoms with van der Waals surface area (Å²) < 4.78 is 0. The quantitative estimate of drug-likeness (QED) is 0.0463. The first-order valence-electron chi connectivity index (χ1n) is 23.0. The number of hydrogen-bond acceptors (Lipinski definition) is 8. The first-order valence-corrected chi connectivity index (χ1v) is 23.0. The predicted molar refractivity (Wildman–Crippen MR) is 225 cm³/mol. The van der Waals surface area contributed by atoms with Crippen molar-refractivity contribution in [3.05, 3.63) is 0 Å². The lowest BCUT2D eigenvalue weighted by molar-refractivity contribution is 0.124. The Morgan fingerprint density at radius 1 is 0.212 bits per heavy atom. The molecule has 314 valence electrons. The standard InChI is InChI=1S/C44H94N4O4/c1-3-5-7-9-11-13-15-17-19-21-23-25-27-29-45(33-35-47(37-41-49)38-42-50)31-32-46(34-36-48(39-43-51)40-44-52)30-28-26-24-22-20-18-16-14-12-10-8-6-4-2/h49-52H,3-44H2,1-2H3. The van der Waals surface area contributed by atoms with Gasteiger partial charge in [0.05, 0.1) is 26.4 Å². The van der Waals surface area contributed by atoms with Crippen molar-refractivity contribution in [2.75, 3.05) is 105 Å². The molecule has 0 saturated heterocycles. The van der Waals surface area contributed by atoms with Crippen LogP contribution in [-0.2, 0) is 0 Å². The number of unbranched alkanes of at least 4 members (excludes halogenated alkanes) is 24. The lowest BCUT2D eigenvalue weighted by atomic mass is 10.0. The zero-order chi connectivity index (χ0) is 38.0. The molecule has 0 atom stereocenters. The fourth-order valence-electron chi connectivity index (χ4n) is 7.46. The van der Waals surface area contributed by atoms with E-state index in [9.17, 15) is 20.4 Å². The van der Waals surface area contributed by atoms with Crippen LogP contribution in [0, 0.1) is 0 Å². The fraction of sp³-hybridized carbons (Fsp3) is 1.00. The lowest BCUT2D eigenvalue weighted by Crippen LogP contribution is -2.43. The average molecular weight is 743 g/mol. The normalized spacial score (nSPS) is 12.1. The van der Waals surface area contributed by atoms with Crippen LogP contribution in [0.2, 0.25) is 0 Å². The molecule has 0 radical (unpaired) electrons. The smallest absolute Gasteiger partial charge is 0.0558 e. The van der Waals surface area contributed by atoms with Crippen molar-refractivity contribution < 1.29 is 20.4 Å². The largest absolute Gasteiger partial charge is 0.395 e. The number of aliphatic hydroxyl groups excluding tert-OH is 4. The molecule has 0 aliphatic rings. The fourth-order valence-corrected chi connectivity index (χ4v) is 7.46. The van der Waals surface area contributed by atoms with Crippen molar-refractivity contribution in [2.24, 2.45) is 0 Å². The summed E-state index contributed by atoms with van der Waals surface area (Å²) in [6.45, 7) is 15.5. The molecule has 4 N–H and O–H groups in total. The van der Waals surface area contributed by atoms with E-state index in [0.29, 0.717) is 26.2 Å². The zero-order valence-corrected chi connectivity index (χ0v) is 35.3. The summed E-state index contributed by atoms with van der Waals surface area (Å²) in [5.41, 5.74) is 0. The predicted octanol–water partition coefficient (Wildman–Crippen LogP) is 8.35. The molecule has 0 unspecified atom stereocenters. The van der Waals surface area contributed by atoms with E-state index in [1.807, 2.05) is 0 Å². The third-order valence-corrected chi connectivity index (χ3v) is 11.0. The van der Waals surface area contributed by atoms with Crippen LogP contribution in [0.25, 0.3) is 0 Å². The van der Waals surface area contributed by atoms with Crippen LogP contribution < -0.4 is 0 Å². The Morgan fingerprint density at radius 2 is 0.385 bits per heavy atom. The SMILES string of the molecule is CCCCCCCCCCCCCCCN(CCN(CCO)CCO)CCN(CCCCCCCCCCCCCCC)CCN(CCO)CCO. The summed E-state index contributed by atoms with van der Waals surface area (Å²) in [5.74, 6) is 0. The van der Waals surface area contributed by atoms with E-state index in [2.05, 4.69) is 33.4 Å². The molecule has 0 bridgehead atoms. The van der Waals surface area contributed by atoms with Gasteiger partial charge in [-0.3, -0.25) is 9.80 Å². The van der Waals surface area contributed by atoms with E-state index in [1.165, 1.54) is 167 Å². The van der Waals surface area contributed by atoms with Gasteiger partial charge in [-0.05, 0) is 25.9 Å². The average Bonchev–Trinajstić information content (AvgIpc) is 3.14. The van der Waals surface area contributed by atoms with Crippen LogP contribution in [0.15, 0.2) is 0 Å². The minimum atomic E-state index is 0.129. The van der Waals surface area contributed by atoms with E-state index in [1.54, 1.807) is 0 Å². The molecule has 8 heteroatoms. The molecule has 0 fully saturated rings. The highest BCUT2D eigenvalue weighted by atomic mass is 16.3. The summed E-state index contributed by atoms with van der Waals surface area (Å²) in [6.07, 6.45) is 35.6. The second-order valence-electron chi connectivity index (χ2n) is 15.7. The maximum atomic E-state index is 9.56. The molecular formula is C44H94N4O4. The third-order valence-electron chi connectivity index (χ3n) is 11.0. The molecule has 0 heterocycles. The molecule has 0 saturated carbocycles. The second-order valence-corrected chi connectivity index (χ2v) is 15.7. The maximum Gasteiger partial charge on any atom is 0.0558 e. The summed E-state index contributed by atoms with van der Waals surface area (Å²) in [5, 5.41) is 38.2. The monoisotopic (exact) mass is 743 g/mol. The van der Waals surface area contributed by atoms with Crippen LogP contribution in [-0.4, -0.2) is 145 Å². The van der Waals surface area contributed by atoms with Crippen LogP contribution >= 0.6 is 0 Å². The number of aliphatic hydroxyl groups is 4. The Labute approximate surface area is 325 Å². The first kappa shape index (κ1) is 51.7. The molecule has 52 heavy (non-hydrogen) atoms. The van der Waals surface area contributed by atoms with Crippen molar-refractivity contribution in [3.8, 4) is 0 Å². The molecule has 8 nitrogen and oxygen atoms in total. The highest BCUT2D eigenvalue weighted by Gasteiger charge is 2.14. The summed E-state index contributed by atoms with van der Waals surface area (Å²) >= 11 is 0. The molecule has 0 aromatic rings. The van der Waals surface area contributed by atoms with Crippen LogP contribution in [0.1, 0.15) is 181 Å². The summed E-state index contributed by atoms with van der Waals surface area (Å²) in [7, 11) is 0. The molecule has 0 aromatic carbocycles. The van der Waals surface area contributed by atoms with E-state index in [0.717, 1.165) is 52.4 Å². The number of nitrogens with zero attached hydrogens (tertiary/aromatic N) is 4. The molecule has 0 amide bonds. The van der Waals surface area contributed by atoms with Gasteiger partial charge >= 0.3 is 0 Å². The van der Waals surface area contributed by atoms with Crippen molar-refractivity contribution >= 4 is 0 Å². The molecule has 0 rings (SSSR count). The van der Waals surface area contributed by atoms with Crippen molar-refractivity contribution in [2.45, 2.75) is 181 Å². The summed E-state index contributed by atoms with van der Waals surface area (Å²) in [4.78, 5) is 9.61. The Balaban J connectivity index is 4.79. The van der Waals surface area contributed by atoms with Crippen LogP contribution in [0.4, 0.5) is 0 Å². The van der Waals surface area contributed by atoms with E-state index in [4.69, 9.17) is 0 Å². The van der Waals surface area contributed by atoms with E-state index < -0.39 is 0 Å². The topological polar surface area (TPSA) is 93.9 Å². The van der Waals surface area contributed by atoms with Crippen molar-refractivity contribution in [1.82, 2.24) is 19.6 Å². The van der Waals surface area contributed by atoms with Gasteiger partial charge < -0.3 is 30.2 Å². The number of rotatable bonds is 45. The van der Waals surface area contributed by atoms with E-state index in [-0.39, 0.29) is 26.4 Å². The minimum absolute atomic E-state index is 0.129. The van der Waals surface area contributed by atoms with Crippen molar-refractivity contribution in [3.63, 3.8) is 0 Å². The minimum Gasteiger partial charge on any atom is -0.395 e. The van der Waals surface area contributed by atoms with Gasteiger partial charge in [-0.2, -0.15) is 0 Å². The van der Waals surface area contributed by atoms with Crippen molar-refractivity contribution in [1.29, 1.82) is 0 Å². The highest BCUT2D eigenvalue weighted by Crippen LogP contribution is 2.14. The molecule has 0 aliphatic heterocycles. The molecular weight excluding hydrogens is 649 g/mol. The van der Waals surface area contributed by atoms with Gasteiger partial charge in [-0.25, -0.2) is 0 Å². The second kappa shape index (κ2) is 43.4. The Kier molecular flexibility index (Phi) is 43.1. The number of hydrogen-bond donors (Lipinski definition) is 4. The van der Waals surface area contributed by atoms with Gasteiger partial charge in [0.25, 0.3) is 0 Å². The maximum absolute atomic E-state index is 9.56. The molecule has 0 spiro atoms. The van der Waals surface area contributed by atoms with Gasteiger partial charge in [0, 0.05) is 65.4 Å². The van der Waals surface area contributed by atoms with Gasteiger partial charge in [0.2, 0.25) is 0 Å². The van der Waals surface area contributed by atoms with E-state index >= 15 is 0 Å². The van der Waals surface area contributed by atoms with Gasteiger partial charge in [-0.1, -0.05) is 168 Å². The Hall–Kier alpha value is -0.320. The first-order chi connectivity index (χ1) is 25.6. The zero-order valence-electron chi connectivity index (χ0n) is 35.3. The Bertz CT molecular complexity index is 596. The highest BCUT2D eigenvalue weighted by molar-refractivity contribution is 4.70. The summed E-state index contributed by atoms with van der Waals surface area (Å²) in [6, 6.07) is 0. The molecule has 0 aromatic heterocycles. The third kappa shape index (κ3) is 36.6. The van der Waals surface area contributed by atoms with Gasteiger partial charge in [0.1, 0.15) is 0 Å².